The van der Waals surface area contributed by atoms with Crippen LogP contribution in [0.3, 0.4) is 0 Å². The molecule has 1 amide bonds. The first-order valence-electron chi connectivity index (χ1n) is 11.7. The Hall–Kier alpha value is -3.61. The second-order valence-electron chi connectivity index (χ2n) is 8.66. The molecule has 0 aliphatic carbocycles. The van der Waals surface area contributed by atoms with Gasteiger partial charge >= 0.3 is 0 Å². The molecule has 5 rings (SSSR count). The molecular formula is C28H27ClN4O2. The minimum absolute atomic E-state index is 0.183. The predicted octanol–water partition coefficient (Wildman–Crippen LogP) is 5.88. The van der Waals surface area contributed by atoms with Gasteiger partial charge in [0.25, 0.3) is 5.91 Å². The summed E-state index contributed by atoms with van der Waals surface area (Å²) >= 11 is 5.91. The van der Waals surface area contributed by atoms with E-state index in [9.17, 15) is 4.79 Å². The SMILES string of the molecule is Cc1oc(-c2ccc(C(=O)Nc3ccc(Cl)cc3)cc2)nc1CN1CCN(c2ccccc2)CC1. The Kier molecular flexibility index (Phi) is 6.84. The molecule has 1 N–H and O–H groups in total. The number of aryl methyl sites for hydroxylation is 1. The van der Waals surface area contributed by atoms with Gasteiger partial charge in [0.1, 0.15) is 5.76 Å². The lowest BCUT2D eigenvalue weighted by atomic mass is 10.1. The average molecular weight is 487 g/mol. The Labute approximate surface area is 210 Å². The summed E-state index contributed by atoms with van der Waals surface area (Å²) in [6, 6.07) is 24.9. The van der Waals surface area contributed by atoms with Crippen LogP contribution < -0.4 is 10.2 Å². The van der Waals surface area contributed by atoms with E-state index in [1.165, 1.54) is 5.69 Å². The van der Waals surface area contributed by atoms with E-state index in [0.29, 0.717) is 22.2 Å². The number of amides is 1. The number of anilines is 2. The molecule has 1 fully saturated rings. The Morgan fingerprint density at radius 3 is 2.31 bits per heavy atom. The number of carbonyl (C=O) groups is 1. The van der Waals surface area contributed by atoms with E-state index < -0.39 is 0 Å². The van der Waals surface area contributed by atoms with Gasteiger partial charge in [-0.25, -0.2) is 4.98 Å². The first kappa shape index (κ1) is 23.1. The molecule has 0 unspecified atom stereocenters. The normalized spacial score (nSPS) is 14.2. The third-order valence-electron chi connectivity index (χ3n) is 6.26. The molecule has 3 aromatic carbocycles. The monoisotopic (exact) mass is 486 g/mol. The summed E-state index contributed by atoms with van der Waals surface area (Å²) in [7, 11) is 0. The zero-order chi connectivity index (χ0) is 24.2. The number of piperazine rings is 1. The topological polar surface area (TPSA) is 61.6 Å². The largest absolute Gasteiger partial charge is 0.441 e. The molecule has 0 atom stereocenters. The van der Waals surface area contributed by atoms with Gasteiger partial charge in [0, 0.05) is 60.2 Å². The highest BCUT2D eigenvalue weighted by atomic mass is 35.5. The number of rotatable bonds is 6. The van der Waals surface area contributed by atoms with E-state index in [0.717, 1.165) is 49.7 Å². The standard InChI is InChI=1S/C28H27ClN4O2/c1-20-26(19-32-15-17-33(18-16-32)25-5-3-2-4-6-25)31-28(35-20)22-9-7-21(8-10-22)27(34)30-24-13-11-23(29)12-14-24/h2-14H,15-19H2,1H3,(H,30,34). The second-order valence-corrected chi connectivity index (χ2v) is 9.10. The lowest BCUT2D eigenvalue weighted by molar-refractivity contribution is 0.102. The minimum Gasteiger partial charge on any atom is -0.441 e. The molecule has 1 aliphatic heterocycles. The number of para-hydroxylation sites is 1. The average Bonchev–Trinajstić information content (AvgIpc) is 3.26. The van der Waals surface area contributed by atoms with Gasteiger partial charge in [-0.15, -0.1) is 0 Å². The number of benzene rings is 3. The van der Waals surface area contributed by atoms with Gasteiger partial charge in [0.05, 0.1) is 5.69 Å². The molecule has 1 aromatic heterocycles. The number of hydrogen-bond acceptors (Lipinski definition) is 5. The number of aromatic nitrogens is 1. The van der Waals surface area contributed by atoms with Gasteiger partial charge in [-0.2, -0.15) is 0 Å². The molecule has 2 heterocycles. The van der Waals surface area contributed by atoms with Gasteiger partial charge in [0.15, 0.2) is 0 Å². The summed E-state index contributed by atoms with van der Waals surface area (Å²) in [4.78, 5) is 22.1. The Bertz CT molecular complexity index is 1280. The third kappa shape index (κ3) is 5.56. The smallest absolute Gasteiger partial charge is 0.255 e. The van der Waals surface area contributed by atoms with Crippen molar-refractivity contribution in [2.24, 2.45) is 0 Å². The maximum absolute atomic E-state index is 12.5. The Morgan fingerprint density at radius 1 is 0.943 bits per heavy atom. The lowest BCUT2D eigenvalue weighted by Gasteiger charge is -2.35. The summed E-state index contributed by atoms with van der Waals surface area (Å²) in [5, 5.41) is 3.50. The summed E-state index contributed by atoms with van der Waals surface area (Å²) in [6.45, 7) is 6.67. The van der Waals surface area contributed by atoms with E-state index >= 15 is 0 Å². The van der Waals surface area contributed by atoms with Crippen molar-refractivity contribution < 1.29 is 9.21 Å². The molecule has 178 valence electrons. The first-order chi connectivity index (χ1) is 17.0. The quantitative estimate of drug-likeness (QED) is 0.369. The first-order valence-corrected chi connectivity index (χ1v) is 12.1. The molecule has 35 heavy (non-hydrogen) atoms. The van der Waals surface area contributed by atoms with Gasteiger partial charge < -0.3 is 14.6 Å². The summed E-state index contributed by atoms with van der Waals surface area (Å²) < 4.78 is 5.98. The van der Waals surface area contributed by atoms with Gasteiger partial charge in [-0.05, 0) is 67.6 Å². The third-order valence-corrected chi connectivity index (χ3v) is 6.51. The maximum Gasteiger partial charge on any atom is 0.255 e. The fourth-order valence-electron chi connectivity index (χ4n) is 4.21. The van der Waals surface area contributed by atoms with Crippen LogP contribution >= 0.6 is 11.6 Å². The summed E-state index contributed by atoms with van der Waals surface area (Å²) in [6.07, 6.45) is 0. The highest BCUT2D eigenvalue weighted by Gasteiger charge is 2.20. The number of hydrogen-bond donors (Lipinski definition) is 1. The van der Waals surface area contributed by atoms with E-state index in [1.54, 1.807) is 36.4 Å². The van der Waals surface area contributed by atoms with Crippen LogP contribution in [-0.2, 0) is 6.54 Å². The van der Waals surface area contributed by atoms with Crippen LogP contribution in [0.2, 0.25) is 5.02 Å². The van der Waals surface area contributed by atoms with Gasteiger partial charge in [-0.1, -0.05) is 29.8 Å². The van der Waals surface area contributed by atoms with Crippen LogP contribution in [0.1, 0.15) is 21.8 Å². The Morgan fingerprint density at radius 2 is 1.63 bits per heavy atom. The molecule has 0 bridgehead atoms. The molecule has 1 saturated heterocycles. The number of nitrogens with zero attached hydrogens (tertiary/aromatic N) is 3. The molecule has 1 aliphatic rings. The van der Waals surface area contributed by atoms with Crippen molar-refractivity contribution in [2.75, 3.05) is 36.4 Å². The molecule has 4 aromatic rings. The van der Waals surface area contributed by atoms with Crippen molar-refractivity contribution in [3.8, 4) is 11.5 Å². The van der Waals surface area contributed by atoms with E-state index in [-0.39, 0.29) is 5.91 Å². The van der Waals surface area contributed by atoms with Crippen molar-refractivity contribution in [3.63, 3.8) is 0 Å². The highest BCUT2D eigenvalue weighted by molar-refractivity contribution is 6.30. The zero-order valence-electron chi connectivity index (χ0n) is 19.6. The number of oxazole rings is 1. The molecular weight excluding hydrogens is 460 g/mol. The molecule has 7 heteroatoms. The molecule has 0 spiro atoms. The predicted molar refractivity (Wildman–Crippen MR) is 140 cm³/mol. The van der Waals surface area contributed by atoms with Crippen molar-refractivity contribution in [3.05, 3.63) is 101 Å². The van der Waals surface area contributed by atoms with Crippen LogP contribution in [-0.4, -0.2) is 42.0 Å². The fourth-order valence-corrected chi connectivity index (χ4v) is 4.34. The van der Waals surface area contributed by atoms with Crippen molar-refractivity contribution in [1.29, 1.82) is 0 Å². The van der Waals surface area contributed by atoms with E-state index in [2.05, 4.69) is 39.4 Å². The van der Waals surface area contributed by atoms with Gasteiger partial charge in [0.2, 0.25) is 5.89 Å². The van der Waals surface area contributed by atoms with Crippen LogP contribution in [0.4, 0.5) is 11.4 Å². The maximum atomic E-state index is 12.5. The minimum atomic E-state index is -0.183. The van der Waals surface area contributed by atoms with Crippen molar-refractivity contribution in [1.82, 2.24) is 9.88 Å². The van der Waals surface area contributed by atoms with Crippen molar-refractivity contribution >= 4 is 28.9 Å². The van der Waals surface area contributed by atoms with Crippen molar-refractivity contribution in [2.45, 2.75) is 13.5 Å². The Balaban J connectivity index is 1.20. The second kappa shape index (κ2) is 10.3. The van der Waals surface area contributed by atoms with Crippen LogP contribution in [0, 0.1) is 6.92 Å². The number of carbonyl (C=O) groups excluding carboxylic acids is 1. The van der Waals surface area contributed by atoms with Crippen LogP contribution in [0.5, 0.6) is 0 Å². The summed E-state index contributed by atoms with van der Waals surface area (Å²) in [5.74, 6) is 1.22. The van der Waals surface area contributed by atoms with Gasteiger partial charge in [-0.3, -0.25) is 9.69 Å². The van der Waals surface area contributed by atoms with E-state index in [1.807, 2.05) is 25.1 Å². The zero-order valence-corrected chi connectivity index (χ0v) is 20.3. The number of halogens is 1. The fraction of sp³-hybridized carbons (Fsp3) is 0.214. The van der Waals surface area contributed by atoms with Crippen LogP contribution in [0.25, 0.3) is 11.5 Å². The highest BCUT2D eigenvalue weighted by Crippen LogP contribution is 2.24. The van der Waals surface area contributed by atoms with Crippen LogP contribution in [0.15, 0.2) is 83.3 Å². The molecule has 0 saturated carbocycles. The summed E-state index contributed by atoms with van der Waals surface area (Å²) in [5.41, 5.74) is 4.33. The molecule has 0 radical (unpaired) electrons. The molecule has 6 nitrogen and oxygen atoms in total. The van der Waals surface area contributed by atoms with E-state index in [4.69, 9.17) is 21.0 Å². The number of nitrogens with one attached hydrogen (secondary N) is 1. The lowest BCUT2D eigenvalue weighted by Crippen LogP contribution is -2.46.